The van der Waals surface area contributed by atoms with Crippen LogP contribution in [0.3, 0.4) is 0 Å². The van der Waals surface area contributed by atoms with Gasteiger partial charge in [0.2, 0.25) is 0 Å². The Morgan fingerprint density at radius 2 is 2.42 bits per heavy atom. The lowest BCUT2D eigenvalue weighted by molar-refractivity contribution is 0.0258. The van der Waals surface area contributed by atoms with Crippen LogP contribution < -0.4 is 5.32 Å². The quantitative estimate of drug-likeness (QED) is 0.630. The van der Waals surface area contributed by atoms with E-state index in [1.165, 1.54) is 0 Å². The van der Waals surface area contributed by atoms with Crippen LogP contribution in [-0.4, -0.2) is 31.5 Å². The highest BCUT2D eigenvalue weighted by atomic mass is 16.6. The highest BCUT2D eigenvalue weighted by Crippen LogP contribution is 2.26. The molecule has 12 heavy (non-hydrogen) atoms. The van der Waals surface area contributed by atoms with Crippen molar-refractivity contribution >= 4 is 6.09 Å². The normalized spacial score (nSPS) is 40.1. The second-order valence-electron chi connectivity index (χ2n) is 3.37. The van der Waals surface area contributed by atoms with Gasteiger partial charge in [0.05, 0.1) is 12.1 Å². The number of hydrogen-bond acceptors (Lipinski definition) is 3. The van der Waals surface area contributed by atoms with E-state index in [4.69, 9.17) is 9.47 Å². The summed E-state index contributed by atoms with van der Waals surface area (Å²) in [6.45, 7) is 0. The van der Waals surface area contributed by atoms with E-state index in [-0.39, 0.29) is 24.3 Å². The number of alkyl carbamates (subject to hydrolysis) is 1. The van der Waals surface area contributed by atoms with Crippen molar-refractivity contribution in [3.8, 4) is 0 Å². The summed E-state index contributed by atoms with van der Waals surface area (Å²) in [6, 6.07) is 0.177. The van der Waals surface area contributed by atoms with Gasteiger partial charge in [0.25, 0.3) is 0 Å². The van der Waals surface area contributed by atoms with Gasteiger partial charge in [-0.3, -0.25) is 0 Å². The van der Waals surface area contributed by atoms with Gasteiger partial charge in [-0.1, -0.05) is 0 Å². The summed E-state index contributed by atoms with van der Waals surface area (Å²) >= 11 is 0. The lowest BCUT2D eigenvalue weighted by Gasteiger charge is -2.28. The molecule has 4 heteroatoms. The monoisotopic (exact) mass is 171 g/mol. The van der Waals surface area contributed by atoms with Gasteiger partial charge >= 0.3 is 6.09 Å². The molecule has 0 bridgehead atoms. The minimum atomic E-state index is -0.276. The van der Waals surface area contributed by atoms with Crippen LogP contribution in [0.4, 0.5) is 4.79 Å². The standard InChI is InChI=1S/C8H13NO3/c1-11-5-2-3-7-6(4-5)9-8(10)12-7/h5-7H,2-4H2,1H3,(H,9,10). The third kappa shape index (κ3) is 1.27. The van der Waals surface area contributed by atoms with Crippen molar-refractivity contribution in [2.24, 2.45) is 0 Å². The fourth-order valence-electron chi connectivity index (χ4n) is 1.93. The Morgan fingerprint density at radius 3 is 3.17 bits per heavy atom. The van der Waals surface area contributed by atoms with Crippen molar-refractivity contribution in [1.82, 2.24) is 5.32 Å². The maximum absolute atomic E-state index is 10.8. The van der Waals surface area contributed by atoms with Crippen molar-refractivity contribution in [2.45, 2.75) is 37.5 Å². The SMILES string of the molecule is COC1CCC2OC(=O)NC2C1. The number of amides is 1. The number of carbonyl (C=O) groups excluding carboxylic acids is 1. The molecule has 2 aliphatic rings. The summed E-state index contributed by atoms with van der Waals surface area (Å²) in [5, 5.41) is 2.78. The third-order valence-electron chi connectivity index (χ3n) is 2.63. The first-order chi connectivity index (χ1) is 5.79. The molecule has 0 spiro atoms. The Morgan fingerprint density at radius 1 is 1.58 bits per heavy atom. The molecule has 0 aromatic carbocycles. The Balaban J connectivity index is 1.97. The van der Waals surface area contributed by atoms with E-state index in [0.29, 0.717) is 0 Å². The van der Waals surface area contributed by atoms with Crippen LogP contribution in [0, 0.1) is 0 Å². The fourth-order valence-corrected chi connectivity index (χ4v) is 1.93. The third-order valence-corrected chi connectivity index (χ3v) is 2.63. The van der Waals surface area contributed by atoms with Crippen LogP contribution in [0.25, 0.3) is 0 Å². The van der Waals surface area contributed by atoms with Crippen LogP contribution in [-0.2, 0) is 9.47 Å². The molecule has 1 saturated heterocycles. The summed E-state index contributed by atoms with van der Waals surface area (Å²) in [5.74, 6) is 0. The molecule has 1 amide bonds. The molecular weight excluding hydrogens is 158 g/mol. The number of fused-ring (bicyclic) bond motifs is 1. The summed E-state index contributed by atoms with van der Waals surface area (Å²) in [4.78, 5) is 10.8. The molecule has 4 nitrogen and oxygen atoms in total. The minimum absolute atomic E-state index is 0.0869. The first-order valence-electron chi connectivity index (χ1n) is 4.29. The van der Waals surface area contributed by atoms with E-state index < -0.39 is 0 Å². The first kappa shape index (κ1) is 7.86. The molecule has 0 radical (unpaired) electrons. The zero-order valence-corrected chi connectivity index (χ0v) is 7.08. The Kier molecular flexibility index (Phi) is 1.92. The second kappa shape index (κ2) is 2.94. The molecule has 1 aliphatic heterocycles. The first-order valence-corrected chi connectivity index (χ1v) is 4.29. The molecule has 1 N–H and O–H groups in total. The van der Waals surface area contributed by atoms with E-state index in [0.717, 1.165) is 19.3 Å². The average Bonchev–Trinajstić information content (AvgIpc) is 2.43. The van der Waals surface area contributed by atoms with E-state index in [1.807, 2.05) is 0 Å². The Hall–Kier alpha value is -0.770. The van der Waals surface area contributed by atoms with Gasteiger partial charge in [0.15, 0.2) is 0 Å². The summed E-state index contributed by atoms with van der Waals surface area (Å²) in [7, 11) is 1.71. The summed E-state index contributed by atoms with van der Waals surface area (Å²) < 4.78 is 10.3. The van der Waals surface area contributed by atoms with E-state index in [1.54, 1.807) is 7.11 Å². The Labute approximate surface area is 71.2 Å². The second-order valence-corrected chi connectivity index (χ2v) is 3.37. The zero-order chi connectivity index (χ0) is 8.55. The van der Waals surface area contributed by atoms with Crippen LogP contribution >= 0.6 is 0 Å². The van der Waals surface area contributed by atoms with Gasteiger partial charge in [0, 0.05) is 7.11 Å². The maximum atomic E-state index is 10.8. The summed E-state index contributed by atoms with van der Waals surface area (Å²) in [5.41, 5.74) is 0. The fraction of sp³-hybridized carbons (Fsp3) is 0.875. The van der Waals surface area contributed by atoms with Gasteiger partial charge in [0.1, 0.15) is 6.10 Å². The van der Waals surface area contributed by atoms with Crippen molar-refractivity contribution in [3.05, 3.63) is 0 Å². The molecule has 3 unspecified atom stereocenters. The number of nitrogens with one attached hydrogen (secondary N) is 1. The smallest absolute Gasteiger partial charge is 0.407 e. The molecule has 0 aromatic rings. The van der Waals surface area contributed by atoms with Gasteiger partial charge in [-0.15, -0.1) is 0 Å². The molecule has 68 valence electrons. The lowest BCUT2D eigenvalue weighted by atomic mass is 9.91. The van der Waals surface area contributed by atoms with Gasteiger partial charge in [-0.2, -0.15) is 0 Å². The van der Waals surface area contributed by atoms with Crippen molar-refractivity contribution in [3.63, 3.8) is 0 Å². The van der Waals surface area contributed by atoms with Crippen LogP contribution in [0.5, 0.6) is 0 Å². The lowest BCUT2D eigenvalue weighted by Crippen LogP contribution is -2.40. The van der Waals surface area contributed by atoms with Crippen molar-refractivity contribution in [2.75, 3.05) is 7.11 Å². The molecule has 1 heterocycles. The largest absolute Gasteiger partial charge is 0.444 e. The summed E-state index contributed by atoms with van der Waals surface area (Å²) in [6.07, 6.45) is 2.89. The highest BCUT2D eigenvalue weighted by Gasteiger charge is 2.39. The average molecular weight is 171 g/mol. The molecule has 1 saturated carbocycles. The Bertz CT molecular complexity index is 195. The van der Waals surface area contributed by atoms with Gasteiger partial charge in [-0.05, 0) is 19.3 Å². The predicted octanol–water partition coefficient (Wildman–Crippen LogP) is 0.662. The van der Waals surface area contributed by atoms with Crippen molar-refractivity contribution < 1.29 is 14.3 Å². The molecule has 0 aromatic heterocycles. The molecule has 2 rings (SSSR count). The number of carbonyl (C=O) groups is 1. The topological polar surface area (TPSA) is 47.6 Å². The maximum Gasteiger partial charge on any atom is 0.407 e. The number of hydrogen-bond donors (Lipinski definition) is 1. The van der Waals surface area contributed by atoms with Crippen molar-refractivity contribution in [1.29, 1.82) is 0 Å². The van der Waals surface area contributed by atoms with Crippen LogP contribution in [0.1, 0.15) is 19.3 Å². The van der Waals surface area contributed by atoms with Crippen LogP contribution in [0.2, 0.25) is 0 Å². The molecule has 2 fully saturated rings. The predicted molar refractivity (Wildman–Crippen MR) is 41.8 cm³/mol. The molecular formula is C8H13NO3. The van der Waals surface area contributed by atoms with Gasteiger partial charge < -0.3 is 14.8 Å². The number of rotatable bonds is 1. The molecule has 1 aliphatic carbocycles. The number of methoxy groups -OCH3 is 1. The van der Waals surface area contributed by atoms with E-state index >= 15 is 0 Å². The van der Waals surface area contributed by atoms with Crippen LogP contribution in [0.15, 0.2) is 0 Å². The van der Waals surface area contributed by atoms with Gasteiger partial charge in [-0.25, -0.2) is 4.79 Å². The van der Waals surface area contributed by atoms with E-state index in [9.17, 15) is 4.79 Å². The highest BCUT2D eigenvalue weighted by molar-refractivity contribution is 5.70. The molecule has 3 atom stereocenters. The number of ether oxygens (including phenoxy) is 2. The zero-order valence-electron chi connectivity index (χ0n) is 7.08. The van der Waals surface area contributed by atoms with E-state index in [2.05, 4.69) is 5.32 Å². The minimum Gasteiger partial charge on any atom is -0.444 e.